The van der Waals surface area contributed by atoms with Gasteiger partial charge in [0.1, 0.15) is 11.5 Å². The lowest BCUT2D eigenvalue weighted by Gasteiger charge is -2.23. The average molecular weight is 368 g/mol. The topological polar surface area (TPSA) is 109 Å². The summed E-state index contributed by atoms with van der Waals surface area (Å²) in [5.74, 6) is 1.77. The van der Waals surface area contributed by atoms with Crippen LogP contribution in [0.2, 0.25) is 0 Å². The Labute approximate surface area is 155 Å². The van der Waals surface area contributed by atoms with E-state index >= 15 is 0 Å². The fraction of sp³-hybridized carbons (Fsp3) is 0.412. The lowest BCUT2D eigenvalue weighted by atomic mass is 9.86. The summed E-state index contributed by atoms with van der Waals surface area (Å²) in [7, 11) is 3.41. The number of fused-ring (bicyclic) bond motifs is 1. The van der Waals surface area contributed by atoms with Crippen LogP contribution >= 0.6 is 0 Å². The van der Waals surface area contributed by atoms with Gasteiger partial charge in [-0.3, -0.25) is 4.68 Å². The molecule has 0 saturated carbocycles. The molecule has 0 aliphatic heterocycles. The second kappa shape index (κ2) is 5.86. The molecule has 4 aromatic rings. The average Bonchev–Trinajstić information content (AvgIpc) is 3.31. The van der Waals surface area contributed by atoms with Crippen molar-refractivity contribution in [3.63, 3.8) is 0 Å². The number of aryl methyl sites for hydroxylation is 2. The van der Waals surface area contributed by atoms with Gasteiger partial charge in [-0.25, -0.2) is 0 Å². The molecule has 0 aromatic carbocycles. The van der Waals surface area contributed by atoms with Crippen molar-refractivity contribution in [1.29, 1.82) is 0 Å². The van der Waals surface area contributed by atoms with Crippen LogP contribution in [0.3, 0.4) is 0 Å². The van der Waals surface area contributed by atoms with Gasteiger partial charge in [-0.15, -0.1) is 15.3 Å². The zero-order valence-electron chi connectivity index (χ0n) is 16.0. The Morgan fingerprint density at radius 1 is 1.11 bits per heavy atom. The van der Waals surface area contributed by atoms with Crippen LogP contribution < -0.4 is 4.74 Å². The van der Waals surface area contributed by atoms with E-state index in [1.165, 1.54) is 0 Å². The summed E-state index contributed by atoms with van der Waals surface area (Å²) in [5, 5.41) is 25.6. The summed E-state index contributed by atoms with van der Waals surface area (Å²) < 4.78 is 14.2. The summed E-state index contributed by atoms with van der Waals surface area (Å²) in [6.45, 7) is 8.07. The first-order chi connectivity index (χ1) is 12.8. The fourth-order valence-electron chi connectivity index (χ4n) is 3.03. The smallest absolute Gasteiger partial charge is 0.207 e. The quantitative estimate of drug-likeness (QED) is 0.541. The number of methoxy groups -OCH3 is 1. The van der Waals surface area contributed by atoms with Crippen molar-refractivity contribution in [2.75, 3.05) is 7.11 Å². The third-order valence-electron chi connectivity index (χ3n) is 4.16. The zero-order valence-corrected chi connectivity index (χ0v) is 16.0. The summed E-state index contributed by atoms with van der Waals surface area (Å²) in [4.78, 5) is 0. The van der Waals surface area contributed by atoms with Gasteiger partial charge in [0.05, 0.1) is 13.3 Å². The maximum Gasteiger partial charge on any atom is 0.207 e. The van der Waals surface area contributed by atoms with Crippen LogP contribution in [0, 0.1) is 6.92 Å². The molecule has 4 aromatic heterocycles. The summed E-state index contributed by atoms with van der Waals surface area (Å²) in [6.07, 6.45) is 1.79. The Hall–Kier alpha value is -3.30. The van der Waals surface area contributed by atoms with Gasteiger partial charge in [-0.2, -0.15) is 9.61 Å². The molecule has 10 heteroatoms. The van der Waals surface area contributed by atoms with Gasteiger partial charge in [-0.05, 0) is 12.3 Å². The predicted molar refractivity (Wildman–Crippen MR) is 96.3 cm³/mol. The fourth-order valence-corrected chi connectivity index (χ4v) is 3.03. The molecule has 0 amide bonds. The first-order valence-corrected chi connectivity index (χ1v) is 8.44. The number of nitrogens with zero attached hydrogens (tertiary/aromatic N) is 8. The van der Waals surface area contributed by atoms with Crippen molar-refractivity contribution >= 4 is 5.65 Å². The minimum absolute atomic E-state index is 0.281. The Morgan fingerprint density at radius 2 is 1.89 bits per heavy atom. The standard InChI is InChI=1S/C17H20N8O2/c1-9-7-10(22-27-9)15-19-20-16-12(17(2,3)4)14(26-6)13(21-25(15)16)11-8-24(5)23-18-11/h7-8H,1-6H3. The Morgan fingerprint density at radius 3 is 2.44 bits per heavy atom. The molecule has 0 saturated heterocycles. The van der Waals surface area contributed by atoms with Crippen LogP contribution in [0.5, 0.6) is 5.75 Å². The van der Waals surface area contributed by atoms with E-state index in [4.69, 9.17) is 14.4 Å². The van der Waals surface area contributed by atoms with Crippen LogP contribution in [0.4, 0.5) is 0 Å². The van der Waals surface area contributed by atoms with E-state index in [1.54, 1.807) is 35.6 Å². The predicted octanol–water partition coefficient (Wildman–Crippen LogP) is 2.19. The first-order valence-electron chi connectivity index (χ1n) is 8.44. The van der Waals surface area contributed by atoms with E-state index in [1.807, 2.05) is 6.92 Å². The van der Waals surface area contributed by atoms with Crippen molar-refractivity contribution < 1.29 is 9.26 Å². The van der Waals surface area contributed by atoms with Crippen LogP contribution in [0.25, 0.3) is 28.6 Å². The molecule has 0 bridgehead atoms. The monoisotopic (exact) mass is 368 g/mol. The molecular formula is C17H20N8O2. The van der Waals surface area contributed by atoms with Crippen LogP contribution in [0.15, 0.2) is 16.8 Å². The van der Waals surface area contributed by atoms with E-state index in [-0.39, 0.29) is 5.41 Å². The van der Waals surface area contributed by atoms with Gasteiger partial charge in [0.2, 0.25) is 5.82 Å². The molecule has 10 nitrogen and oxygen atoms in total. The molecule has 4 rings (SSSR count). The molecule has 0 unspecified atom stereocenters. The molecule has 0 atom stereocenters. The van der Waals surface area contributed by atoms with E-state index in [0.29, 0.717) is 40.1 Å². The summed E-state index contributed by atoms with van der Waals surface area (Å²) >= 11 is 0. The highest BCUT2D eigenvalue weighted by Crippen LogP contribution is 2.40. The number of ether oxygens (including phenoxy) is 1. The minimum Gasteiger partial charge on any atom is -0.494 e. The molecule has 140 valence electrons. The molecule has 0 aliphatic carbocycles. The lowest BCUT2D eigenvalue weighted by Crippen LogP contribution is -2.17. The van der Waals surface area contributed by atoms with Crippen molar-refractivity contribution in [1.82, 2.24) is 40.0 Å². The maximum absolute atomic E-state index is 5.74. The molecule has 0 spiro atoms. The van der Waals surface area contributed by atoms with Crippen LogP contribution in [0.1, 0.15) is 32.1 Å². The number of aromatic nitrogens is 8. The number of rotatable bonds is 3. The van der Waals surface area contributed by atoms with Gasteiger partial charge in [-0.1, -0.05) is 31.1 Å². The SMILES string of the molecule is COc1c(-c2cn(C)nn2)nn2c(-c3cc(C)on3)nnc2c1C(C)(C)C. The highest BCUT2D eigenvalue weighted by Gasteiger charge is 2.30. The van der Waals surface area contributed by atoms with Gasteiger partial charge in [0.15, 0.2) is 22.8 Å². The van der Waals surface area contributed by atoms with Crippen molar-refractivity contribution in [2.24, 2.45) is 7.05 Å². The second-order valence-electron chi connectivity index (χ2n) is 7.37. The van der Waals surface area contributed by atoms with E-state index < -0.39 is 0 Å². The van der Waals surface area contributed by atoms with Gasteiger partial charge < -0.3 is 9.26 Å². The Balaban J connectivity index is 2.10. The maximum atomic E-state index is 5.74. The highest BCUT2D eigenvalue weighted by atomic mass is 16.5. The van der Waals surface area contributed by atoms with Crippen LogP contribution in [-0.2, 0) is 12.5 Å². The lowest BCUT2D eigenvalue weighted by molar-refractivity contribution is 0.396. The molecule has 0 fully saturated rings. The van der Waals surface area contributed by atoms with E-state index in [2.05, 4.69) is 46.4 Å². The van der Waals surface area contributed by atoms with Crippen LogP contribution in [-0.4, -0.2) is 47.1 Å². The van der Waals surface area contributed by atoms with Gasteiger partial charge in [0.25, 0.3) is 0 Å². The molecule has 0 N–H and O–H groups in total. The van der Waals surface area contributed by atoms with Gasteiger partial charge >= 0.3 is 0 Å². The van der Waals surface area contributed by atoms with Crippen molar-refractivity contribution in [2.45, 2.75) is 33.1 Å². The third-order valence-corrected chi connectivity index (χ3v) is 4.16. The molecule has 0 aliphatic rings. The highest BCUT2D eigenvalue weighted by molar-refractivity contribution is 5.72. The van der Waals surface area contributed by atoms with Crippen molar-refractivity contribution in [3.05, 3.63) is 23.6 Å². The minimum atomic E-state index is -0.281. The summed E-state index contributed by atoms with van der Waals surface area (Å²) in [5.41, 5.74) is 2.91. The Bertz CT molecular complexity index is 1130. The van der Waals surface area contributed by atoms with Gasteiger partial charge in [0, 0.05) is 18.7 Å². The van der Waals surface area contributed by atoms with E-state index in [0.717, 1.165) is 5.56 Å². The molecule has 4 heterocycles. The number of hydrogen-bond donors (Lipinski definition) is 0. The number of hydrogen-bond acceptors (Lipinski definition) is 8. The van der Waals surface area contributed by atoms with E-state index in [9.17, 15) is 0 Å². The Kier molecular flexibility index (Phi) is 3.72. The largest absolute Gasteiger partial charge is 0.494 e. The third kappa shape index (κ3) is 2.73. The van der Waals surface area contributed by atoms with Crippen molar-refractivity contribution in [3.8, 4) is 28.7 Å². The zero-order chi connectivity index (χ0) is 19.3. The molecular weight excluding hydrogens is 348 g/mol. The molecule has 27 heavy (non-hydrogen) atoms. The second-order valence-corrected chi connectivity index (χ2v) is 7.37. The summed E-state index contributed by atoms with van der Waals surface area (Å²) in [6, 6.07) is 1.79. The first kappa shape index (κ1) is 17.1. The normalized spacial score (nSPS) is 12.1. The molecule has 0 radical (unpaired) electrons.